The molecule has 0 saturated heterocycles. The summed E-state index contributed by atoms with van der Waals surface area (Å²) >= 11 is 0. The van der Waals surface area contributed by atoms with Crippen LogP contribution in [0, 0.1) is 0 Å². The van der Waals surface area contributed by atoms with Crippen LogP contribution in [0.2, 0.25) is 0 Å². The second-order valence-electron chi connectivity index (χ2n) is 2.08. The van der Waals surface area contributed by atoms with Crippen LogP contribution < -0.4 is 0 Å². The molecule has 7 heteroatoms. The molecule has 1 aliphatic rings. The Morgan fingerprint density at radius 1 is 1.15 bits per heavy atom. The first kappa shape index (κ1) is 12.7. The van der Waals surface area contributed by atoms with Crippen LogP contribution in [0.15, 0.2) is 23.1 Å². The van der Waals surface area contributed by atoms with Gasteiger partial charge in [0.15, 0.2) is 11.6 Å². The van der Waals surface area contributed by atoms with Gasteiger partial charge in [-0.15, -0.1) is 0 Å². The molecule has 0 spiro atoms. The van der Waals surface area contributed by atoms with Gasteiger partial charge in [-0.3, -0.25) is 14.1 Å². The van der Waals surface area contributed by atoms with Crippen molar-refractivity contribution in [1.82, 2.24) is 0 Å². The summed E-state index contributed by atoms with van der Waals surface area (Å²) in [5.74, 6) is -1.53. The monoisotopic (exact) mass is 212 g/mol. The zero-order valence-corrected chi connectivity index (χ0v) is 6.54. The Morgan fingerprint density at radius 2 is 1.69 bits per heavy atom. The van der Waals surface area contributed by atoms with Crippen molar-refractivity contribution in [3.63, 3.8) is 0 Å². The van der Waals surface area contributed by atoms with Gasteiger partial charge in [-0.1, -0.05) is 0 Å². The fourth-order valence-corrected chi connectivity index (χ4v) is 1.28. The quantitative estimate of drug-likeness (QED) is 0.335. The van der Waals surface area contributed by atoms with E-state index < -0.39 is 26.6 Å². The number of carbonyl (C=O) groups is 2. The van der Waals surface area contributed by atoms with Crippen LogP contribution in [0.5, 0.6) is 0 Å². The molecule has 0 aromatic rings. The Labute approximate surface area is 96.5 Å². The van der Waals surface area contributed by atoms with Gasteiger partial charge in [-0.2, -0.15) is 8.42 Å². The normalized spacial score (nSPS) is 16.5. The van der Waals surface area contributed by atoms with Gasteiger partial charge in [-0.05, 0) is 12.2 Å². The van der Waals surface area contributed by atoms with Crippen molar-refractivity contribution in [2.75, 3.05) is 0 Å². The van der Waals surface area contributed by atoms with Crippen LogP contribution in [0.3, 0.4) is 0 Å². The molecule has 0 radical (unpaired) electrons. The van der Waals surface area contributed by atoms with E-state index in [1.54, 1.807) is 0 Å². The summed E-state index contributed by atoms with van der Waals surface area (Å²) in [5, 5.41) is 0. The third-order valence-electron chi connectivity index (χ3n) is 1.19. The summed E-state index contributed by atoms with van der Waals surface area (Å²) in [6.07, 6.45) is 2.31. The minimum absolute atomic E-state index is 0. The molecular formula is C6H5NaO5S. The second kappa shape index (κ2) is 4.30. The molecule has 0 saturated carbocycles. The van der Waals surface area contributed by atoms with E-state index in [9.17, 15) is 18.0 Å². The molecule has 1 N–H and O–H groups in total. The summed E-state index contributed by atoms with van der Waals surface area (Å²) in [6, 6.07) is 0. The third-order valence-corrected chi connectivity index (χ3v) is 2.07. The van der Waals surface area contributed by atoms with E-state index in [1.165, 1.54) is 0 Å². The minimum atomic E-state index is -4.57. The van der Waals surface area contributed by atoms with Gasteiger partial charge < -0.3 is 0 Å². The summed E-state index contributed by atoms with van der Waals surface area (Å²) in [6.45, 7) is 0. The number of hydrogen-bond acceptors (Lipinski definition) is 4. The number of allylic oxidation sites excluding steroid dienone is 4. The first-order valence-electron chi connectivity index (χ1n) is 2.87. The van der Waals surface area contributed by atoms with Gasteiger partial charge in [0.2, 0.25) is 0 Å². The average Bonchev–Trinajstić information content (AvgIpc) is 1.92. The van der Waals surface area contributed by atoms with Crippen molar-refractivity contribution in [3.8, 4) is 0 Å². The molecular weight excluding hydrogens is 207 g/mol. The number of hydrogen-bond donors (Lipinski definition) is 1. The van der Waals surface area contributed by atoms with Gasteiger partial charge in [-0.25, -0.2) is 0 Å². The molecule has 0 bridgehead atoms. The Morgan fingerprint density at radius 3 is 2.08 bits per heavy atom. The molecule has 0 fully saturated rings. The SMILES string of the molecule is O=C1C=CC(=O)C(S(=O)(=O)O)=C1.[NaH]. The standard InChI is InChI=1S/C6H4O5S.Na.H/c7-4-1-2-5(8)6(3-4)12(9,10)11;;/h1-3H,(H,9,10,11);;. The maximum absolute atomic E-state index is 10.7. The molecule has 5 nitrogen and oxygen atoms in total. The van der Waals surface area contributed by atoms with Crippen LogP contribution in [0.4, 0.5) is 0 Å². The van der Waals surface area contributed by atoms with Crippen LogP contribution in [0.1, 0.15) is 0 Å². The second-order valence-corrected chi connectivity index (χ2v) is 3.47. The Kier molecular flexibility index (Phi) is 4.21. The third kappa shape index (κ3) is 3.17. The fourth-order valence-electron chi connectivity index (χ4n) is 0.690. The molecule has 1 aliphatic carbocycles. The van der Waals surface area contributed by atoms with Gasteiger partial charge in [0.25, 0.3) is 10.1 Å². The van der Waals surface area contributed by atoms with E-state index in [2.05, 4.69) is 0 Å². The summed E-state index contributed by atoms with van der Waals surface area (Å²) in [5.41, 5.74) is 0. The van der Waals surface area contributed by atoms with Crippen LogP contribution in [-0.2, 0) is 19.7 Å². The Balaban J connectivity index is 0.00000144. The summed E-state index contributed by atoms with van der Waals surface area (Å²) < 4.78 is 29.3. The first-order valence-corrected chi connectivity index (χ1v) is 4.31. The van der Waals surface area contributed by atoms with E-state index in [1.807, 2.05) is 0 Å². The first-order chi connectivity index (χ1) is 5.41. The Hall–Kier alpha value is -0.270. The fraction of sp³-hybridized carbons (Fsp3) is 0. The molecule has 0 heterocycles. The molecule has 13 heavy (non-hydrogen) atoms. The van der Waals surface area contributed by atoms with Crippen molar-refractivity contribution in [3.05, 3.63) is 23.1 Å². The van der Waals surface area contributed by atoms with Gasteiger partial charge in [0.05, 0.1) is 0 Å². The van der Waals surface area contributed by atoms with Crippen molar-refractivity contribution in [1.29, 1.82) is 0 Å². The number of ketones is 2. The molecule has 0 aromatic carbocycles. The molecule has 0 amide bonds. The zero-order chi connectivity index (χ0) is 9.35. The molecule has 0 aliphatic heterocycles. The predicted molar refractivity (Wildman–Crippen MR) is 45.9 cm³/mol. The van der Waals surface area contributed by atoms with E-state index >= 15 is 0 Å². The topological polar surface area (TPSA) is 88.5 Å². The zero-order valence-electron chi connectivity index (χ0n) is 5.72. The van der Waals surface area contributed by atoms with Crippen LogP contribution in [-0.4, -0.2) is 54.1 Å². The number of rotatable bonds is 1. The van der Waals surface area contributed by atoms with E-state index in [0.717, 1.165) is 12.2 Å². The molecule has 0 aromatic heterocycles. The molecule has 0 atom stereocenters. The van der Waals surface area contributed by atoms with Crippen molar-refractivity contribution in [2.24, 2.45) is 0 Å². The molecule has 0 unspecified atom stereocenters. The van der Waals surface area contributed by atoms with Crippen molar-refractivity contribution >= 4 is 51.2 Å². The van der Waals surface area contributed by atoms with Crippen LogP contribution in [0.25, 0.3) is 0 Å². The van der Waals surface area contributed by atoms with Gasteiger partial charge in [0, 0.05) is 6.08 Å². The van der Waals surface area contributed by atoms with E-state index in [4.69, 9.17) is 4.55 Å². The number of carbonyl (C=O) groups excluding carboxylic acids is 2. The van der Waals surface area contributed by atoms with Crippen molar-refractivity contribution in [2.45, 2.75) is 0 Å². The van der Waals surface area contributed by atoms with E-state index in [0.29, 0.717) is 6.08 Å². The summed E-state index contributed by atoms with van der Waals surface area (Å²) in [4.78, 5) is 20.4. The van der Waals surface area contributed by atoms with Crippen molar-refractivity contribution < 1.29 is 22.6 Å². The average molecular weight is 212 g/mol. The van der Waals surface area contributed by atoms with Gasteiger partial charge >= 0.3 is 29.6 Å². The van der Waals surface area contributed by atoms with E-state index in [-0.39, 0.29) is 29.6 Å². The predicted octanol–water partition coefficient (Wildman–Crippen LogP) is -1.18. The Bertz CT molecular complexity index is 403. The van der Waals surface area contributed by atoms with Gasteiger partial charge in [0.1, 0.15) is 4.91 Å². The van der Waals surface area contributed by atoms with Crippen LogP contribution >= 0.6 is 0 Å². The summed E-state index contributed by atoms with van der Waals surface area (Å²) in [7, 11) is -4.57. The molecule has 66 valence electrons. The molecule has 1 rings (SSSR count). The maximum atomic E-state index is 10.7.